The summed E-state index contributed by atoms with van der Waals surface area (Å²) in [7, 11) is 0. The van der Waals surface area contributed by atoms with Crippen molar-refractivity contribution in [2.45, 2.75) is 102 Å². The normalized spacial score (nSPS) is 22.5. The summed E-state index contributed by atoms with van der Waals surface area (Å²) in [6.45, 7) is 31.0. The average molecular weight is 442 g/mol. The molecular weight excluding hydrogens is 390 g/mol. The Morgan fingerprint density at radius 1 is 0.844 bits per heavy atom. The highest BCUT2D eigenvalue weighted by atomic mass is 15.0. The second kappa shape index (κ2) is 12.5. The van der Waals surface area contributed by atoms with Gasteiger partial charge in [0.15, 0.2) is 0 Å². The van der Waals surface area contributed by atoms with E-state index in [9.17, 15) is 0 Å². The second-order valence-electron chi connectivity index (χ2n) is 10.3. The predicted octanol–water partition coefficient (Wildman–Crippen LogP) is 7.02. The molecule has 0 aromatic rings. The number of allylic oxidation sites excluding steroid dienone is 9. The third kappa shape index (κ3) is 7.13. The van der Waals surface area contributed by atoms with Gasteiger partial charge in [0.05, 0.1) is 0 Å². The van der Waals surface area contributed by atoms with Crippen molar-refractivity contribution in [2.75, 3.05) is 13.1 Å². The molecule has 3 heteroatoms. The average Bonchev–Trinajstić information content (AvgIpc) is 2.74. The van der Waals surface area contributed by atoms with E-state index in [4.69, 9.17) is 0 Å². The maximum absolute atomic E-state index is 3.78. The van der Waals surface area contributed by atoms with Crippen LogP contribution in [0.15, 0.2) is 56.5 Å². The SMILES string of the molecule is C/C=C(C)/C(C)=C(/C)C(NCC(C)NC(C)CNC1=C(C)C(C)=C(C)C(C)C1C)=C(C)C. The first-order valence-corrected chi connectivity index (χ1v) is 12.4. The Hall–Kier alpha value is -1.74. The van der Waals surface area contributed by atoms with Crippen LogP contribution in [0.2, 0.25) is 0 Å². The van der Waals surface area contributed by atoms with Gasteiger partial charge in [0.25, 0.3) is 0 Å². The minimum Gasteiger partial charge on any atom is -0.386 e. The van der Waals surface area contributed by atoms with Gasteiger partial charge in [-0.05, 0) is 104 Å². The Bertz CT molecular complexity index is 815. The molecular formula is C29H51N3. The summed E-state index contributed by atoms with van der Waals surface area (Å²) in [6.07, 6.45) is 2.18. The zero-order chi connectivity index (χ0) is 24.7. The molecule has 182 valence electrons. The molecule has 0 radical (unpaired) electrons. The fraction of sp³-hybridized carbons (Fsp3) is 0.655. The van der Waals surface area contributed by atoms with Gasteiger partial charge in [-0.1, -0.05) is 36.6 Å². The lowest BCUT2D eigenvalue weighted by Gasteiger charge is -2.34. The highest BCUT2D eigenvalue weighted by Crippen LogP contribution is 2.36. The Kier molecular flexibility index (Phi) is 11.0. The molecule has 1 aliphatic rings. The van der Waals surface area contributed by atoms with Crippen LogP contribution < -0.4 is 16.0 Å². The summed E-state index contributed by atoms with van der Waals surface area (Å²) >= 11 is 0. The van der Waals surface area contributed by atoms with Gasteiger partial charge in [0, 0.05) is 42.5 Å². The topological polar surface area (TPSA) is 36.1 Å². The zero-order valence-electron chi connectivity index (χ0n) is 23.3. The molecule has 0 spiro atoms. The molecule has 0 aromatic carbocycles. The standard InChI is InChI=1S/C29H51N3/c1-14-18(4)21(7)25(11)28(17(2)3)30-15-19(5)32-20(6)16-31-29-26(12)23(9)22(8)24(10)27(29)13/h14,19-20,23,26,30-32H,15-16H2,1-13H3/b18-14+,25-21-. The lowest BCUT2D eigenvalue weighted by atomic mass is 9.77. The van der Waals surface area contributed by atoms with Gasteiger partial charge in [0.1, 0.15) is 0 Å². The van der Waals surface area contributed by atoms with E-state index in [2.05, 4.69) is 112 Å². The third-order valence-electron chi connectivity index (χ3n) is 7.66. The monoisotopic (exact) mass is 441 g/mol. The lowest BCUT2D eigenvalue weighted by Crippen LogP contribution is -2.46. The van der Waals surface area contributed by atoms with E-state index in [1.807, 2.05) is 0 Å². The number of hydrogen-bond acceptors (Lipinski definition) is 3. The molecule has 1 rings (SSSR count). The first-order valence-electron chi connectivity index (χ1n) is 12.4. The predicted molar refractivity (Wildman–Crippen MR) is 144 cm³/mol. The van der Waals surface area contributed by atoms with Crippen LogP contribution in [0.3, 0.4) is 0 Å². The third-order valence-corrected chi connectivity index (χ3v) is 7.66. The van der Waals surface area contributed by atoms with Crippen molar-refractivity contribution in [2.24, 2.45) is 11.8 Å². The zero-order valence-corrected chi connectivity index (χ0v) is 23.3. The van der Waals surface area contributed by atoms with Crippen LogP contribution >= 0.6 is 0 Å². The Morgan fingerprint density at radius 2 is 1.41 bits per heavy atom. The maximum Gasteiger partial charge on any atom is 0.0359 e. The molecule has 0 bridgehead atoms. The van der Waals surface area contributed by atoms with Gasteiger partial charge in [0.2, 0.25) is 0 Å². The van der Waals surface area contributed by atoms with Crippen molar-refractivity contribution in [3.63, 3.8) is 0 Å². The van der Waals surface area contributed by atoms with Gasteiger partial charge >= 0.3 is 0 Å². The summed E-state index contributed by atoms with van der Waals surface area (Å²) in [5.41, 5.74) is 12.5. The fourth-order valence-electron chi connectivity index (χ4n) is 4.61. The Balaban J connectivity index is 2.72. The van der Waals surface area contributed by atoms with Crippen LogP contribution in [0.25, 0.3) is 0 Å². The van der Waals surface area contributed by atoms with Crippen LogP contribution in [-0.2, 0) is 0 Å². The van der Waals surface area contributed by atoms with E-state index >= 15 is 0 Å². The quantitative estimate of drug-likeness (QED) is 0.319. The first-order chi connectivity index (χ1) is 14.8. The number of hydrogen-bond donors (Lipinski definition) is 3. The van der Waals surface area contributed by atoms with Gasteiger partial charge in [-0.2, -0.15) is 0 Å². The molecule has 32 heavy (non-hydrogen) atoms. The van der Waals surface area contributed by atoms with Crippen LogP contribution in [0.1, 0.15) is 90.0 Å². The molecule has 0 saturated carbocycles. The maximum atomic E-state index is 3.78. The molecule has 0 heterocycles. The fourth-order valence-corrected chi connectivity index (χ4v) is 4.61. The number of rotatable bonds is 10. The van der Waals surface area contributed by atoms with Crippen LogP contribution in [0, 0.1) is 11.8 Å². The first kappa shape index (κ1) is 28.3. The van der Waals surface area contributed by atoms with E-state index in [0.29, 0.717) is 23.9 Å². The van der Waals surface area contributed by atoms with Crippen molar-refractivity contribution in [3.05, 3.63) is 56.5 Å². The van der Waals surface area contributed by atoms with Gasteiger partial charge in [-0.25, -0.2) is 0 Å². The smallest absolute Gasteiger partial charge is 0.0359 e. The highest BCUT2D eigenvalue weighted by molar-refractivity contribution is 5.43. The largest absolute Gasteiger partial charge is 0.386 e. The summed E-state index contributed by atoms with van der Waals surface area (Å²) < 4.78 is 0. The molecule has 4 atom stereocenters. The van der Waals surface area contributed by atoms with Crippen molar-refractivity contribution in [1.82, 2.24) is 16.0 Å². The molecule has 3 N–H and O–H groups in total. The molecule has 0 amide bonds. The van der Waals surface area contributed by atoms with E-state index in [-0.39, 0.29) is 0 Å². The van der Waals surface area contributed by atoms with E-state index in [0.717, 1.165) is 13.1 Å². The van der Waals surface area contributed by atoms with Crippen molar-refractivity contribution in [3.8, 4) is 0 Å². The molecule has 3 nitrogen and oxygen atoms in total. The number of nitrogens with one attached hydrogen (secondary N) is 3. The summed E-state index contributed by atoms with van der Waals surface area (Å²) in [5.74, 6) is 1.14. The Labute approximate surface area is 199 Å². The van der Waals surface area contributed by atoms with Gasteiger partial charge in [-0.15, -0.1) is 0 Å². The molecule has 1 aliphatic carbocycles. The van der Waals surface area contributed by atoms with Crippen molar-refractivity contribution in [1.29, 1.82) is 0 Å². The van der Waals surface area contributed by atoms with E-state index in [1.165, 1.54) is 50.4 Å². The van der Waals surface area contributed by atoms with Gasteiger partial charge < -0.3 is 16.0 Å². The molecule has 0 aliphatic heterocycles. The lowest BCUT2D eigenvalue weighted by molar-refractivity contribution is 0.414. The molecule has 0 fully saturated rings. The van der Waals surface area contributed by atoms with Crippen LogP contribution in [0.5, 0.6) is 0 Å². The second-order valence-corrected chi connectivity index (χ2v) is 10.3. The highest BCUT2D eigenvalue weighted by Gasteiger charge is 2.26. The van der Waals surface area contributed by atoms with Crippen molar-refractivity contribution >= 4 is 0 Å². The minimum atomic E-state index is 0.374. The summed E-state index contributed by atoms with van der Waals surface area (Å²) in [5, 5.41) is 11.3. The Morgan fingerprint density at radius 3 is 1.94 bits per heavy atom. The van der Waals surface area contributed by atoms with Crippen LogP contribution in [0.4, 0.5) is 0 Å². The van der Waals surface area contributed by atoms with E-state index in [1.54, 1.807) is 0 Å². The van der Waals surface area contributed by atoms with E-state index < -0.39 is 0 Å². The molecule has 4 unspecified atom stereocenters. The minimum absolute atomic E-state index is 0.374. The van der Waals surface area contributed by atoms with Gasteiger partial charge in [-0.3, -0.25) is 0 Å². The summed E-state index contributed by atoms with van der Waals surface area (Å²) in [4.78, 5) is 0. The van der Waals surface area contributed by atoms with Crippen molar-refractivity contribution < 1.29 is 0 Å². The molecule has 0 saturated heterocycles. The van der Waals surface area contributed by atoms with Crippen LogP contribution in [-0.4, -0.2) is 25.2 Å². The molecule has 0 aromatic heterocycles. The summed E-state index contributed by atoms with van der Waals surface area (Å²) in [6, 6.07) is 0.763.